The predicted octanol–water partition coefficient (Wildman–Crippen LogP) is 1.79. The van der Waals surface area contributed by atoms with Gasteiger partial charge in [0, 0.05) is 37.0 Å². The number of hydrogen-bond acceptors (Lipinski definition) is 6. The van der Waals surface area contributed by atoms with Gasteiger partial charge in [-0.2, -0.15) is 0 Å². The molecule has 9 heteroatoms. The summed E-state index contributed by atoms with van der Waals surface area (Å²) >= 11 is 0. The maximum absolute atomic E-state index is 13.6. The molecule has 8 nitrogen and oxygen atoms in total. The molecule has 1 unspecified atom stereocenters. The maximum Gasteiger partial charge on any atom is 0.245 e. The summed E-state index contributed by atoms with van der Waals surface area (Å²) in [6.07, 6.45) is 5.17. The minimum Gasteiger partial charge on any atom is -0.353 e. The smallest absolute Gasteiger partial charge is 0.245 e. The number of carbonyl (C=O) groups excluding carboxylic acids is 1. The van der Waals surface area contributed by atoms with Gasteiger partial charge in [-0.25, -0.2) is 9.07 Å². The zero-order valence-corrected chi connectivity index (χ0v) is 16.0. The molecule has 1 atom stereocenters. The van der Waals surface area contributed by atoms with Gasteiger partial charge in [0.05, 0.1) is 5.69 Å². The number of halogens is 1. The molecule has 1 amide bonds. The van der Waals surface area contributed by atoms with Crippen LogP contribution >= 0.6 is 0 Å². The lowest BCUT2D eigenvalue weighted by Crippen LogP contribution is -2.41. The van der Waals surface area contributed by atoms with Crippen LogP contribution < -0.4 is 5.32 Å². The van der Waals surface area contributed by atoms with Crippen LogP contribution in [0.5, 0.6) is 0 Å². The molecule has 0 aliphatic heterocycles. The van der Waals surface area contributed by atoms with Gasteiger partial charge in [-0.1, -0.05) is 26.0 Å². The van der Waals surface area contributed by atoms with Crippen molar-refractivity contribution in [2.45, 2.75) is 38.6 Å². The van der Waals surface area contributed by atoms with Crippen LogP contribution in [-0.2, 0) is 16.6 Å². The molecule has 28 heavy (non-hydrogen) atoms. The van der Waals surface area contributed by atoms with Gasteiger partial charge >= 0.3 is 0 Å². The molecular formula is C19H22FN7O. The lowest BCUT2D eigenvalue weighted by atomic mass is 9.89. The van der Waals surface area contributed by atoms with E-state index >= 15 is 0 Å². The highest BCUT2D eigenvalue weighted by atomic mass is 19.1. The van der Waals surface area contributed by atoms with E-state index in [0.717, 1.165) is 5.69 Å². The second kappa shape index (κ2) is 8.20. The fourth-order valence-electron chi connectivity index (χ4n) is 2.87. The van der Waals surface area contributed by atoms with Gasteiger partial charge in [0.1, 0.15) is 17.7 Å². The number of nitrogens with one attached hydrogen (secondary N) is 1. The van der Waals surface area contributed by atoms with Gasteiger partial charge in [-0.3, -0.25) is 14.8 Å². The van der Waals surface area contributed by atoms with E-state index in [0.29, 0.717) is 17.9 Å². The molecule has 3 aromatic rings. The van der Waals surface area contributed by atoms with Crippen molar-refractivity contribution in [3.05, 3.63) is 65.8 Å². The van der Waals surface area contributed by atoms with Crippen LogP contribution in [0, 0.1) is 12.7 Å². The molecule has 0 aliphatic carbocycles. The first-order valence-corrected chi connectivity index (χ1v) is 8.90. The van der Waals surface area contributed by atoms with Crippen molar-refractivity contribution in [3.63, 3.8) is 0 Å². The monoisotopic (exact) mass is 383 g/mol. The van der Waals surface area contributed by atoms with Gasteiger partial charge in [-0.05, 0) is 35.0 Å². The van der Waals surface area contributed by atoms with E-state index in [9.17, 15) is 9.18 Å². The van der Waals surface area contributed by atoms with E-state index in [1.54, 1.807) is 37.6 Å². The Bertz CT molecular complexity index is 942. The first-order chi connectivity index (χ1) is 13.4. The minimum absolute atomic E-state index is 0.253. The summed E-state index contributed by atoms with van der Waals surface area (Å²) in [6, 6.07) is 5.46. The summed E-state index contributed by atoms with van der Waals surface area (Å²) in [6.45, 7) is 6.02. The largest absolute Gasteiger partial charge is 0.353 e. The topological polar surface area (TPSA) is 98.5 Å². The summed E-state index contributed by atoms with van der Waals surface area (Å²) in [5, 5.41) is 14.4. The van der Waals surface area contributed by atoms with Crippen molar-refractivity contribution in [2.75, 3.05) is 6.54 Å². The Morgan fingerprint density at radius 3 is 2.79 bits per heavy atom. The molecule has 0 fully saturated rings. The molecule has 0 aliphatic rings. The van der Waals surface area contributed by atoms with Crippen LogP contribution in [0.3, 0.4) is 0 Å². The Hall–Kier alpha value is -3.23. The van der Waals surface area contributed by atoms with Crippen molar-refractivity contribution in [1.82, 2.24) is 35.5 Å². The average molecular weight is 383 g/mol. The summed E-state index contributed by atoms with van der Waals surface area (Å²) in [5.41, 5.74) is 1.04. The number of hydrogen-bond donors (Lipinski definition) is 1. The Labute approximate surface area is 162 Å². The molecule has 0 bridgehead atoms. The normalized spacial score (nSPS) is 12.6. The molecule has 0 saturated carbocycles. The molecule has 1 aromatic carbocycles. The number of tetrazole rings is 1. The Morgan fingerprint density at radius 1 is 1.32 bits per heavy atom. The molecule has 3 rings (SSSR count). The number of aromatic nitrogens is 6. The number of benzene rings is 1. The standard InChI is InChI=1S/C19H22FN7O/c1-13-24-25-26-27(13)16(10-14-5-4-6-15(20)9-14)18(28)23-12-19(2,3)17-11-21-7-8-22-17/h4-9,11,16H,10,12H2,1-3H3,(H,23,28). The Morgan fingerprint density at radius 2 is 2.14 bits per heavy atom. The van der Waals surface area contributed by atoms with Crippen LogP contribution in [0.15, 0.2) is 42.9 Å². The fraction of sp³-hybridized carbons (Fsp3) is 0.368. The van der Waals surface area contributed by atoms with Gasteiger partial charge in [-0.15, -0.1) is 5.10 Å². The van der Waals surface area contributed by atoms with Crippen LogP contribution in [0.2, 0.25) is 0 Å². The SMILES string of the molecule is Cc1nnnn1C(Cc1cccc(F)c1)C(=O)NCC(C)(C)c1cnccn1. The van der Waals surface area contributed by atoms with Crippen LogP contribution in [-0.4, -0.2) is 42.6 Å². The number of rotatable bonds is 7. The molecule has 2 heterocycles. The lowest BCUT2D eigenvalue weighted by Gasteiger charge is -2.25. The highest BCUT2D eigenvalue weighted by Gasteiger charge is 2.28. The fourth-order valence-corrected chi connectivity index (χ4v) is 2.87. The Kier molecular flexibility index (Phi) is 5.72. The van der Waals surface area contributed by atoms with Gasteiger partial charge in [0.15, 0.2) is 0 Å². The predicted molar refractivity (Wildman–Crippen MR) is 99.8 cm³/mol. The molecule has 146 valence electrons. The van der Waals surface area contributed by atoms with Crippen molar-refractivity contribution < 1.29 is 9.18 Å². The molecule has 2 aromatic heterocycles. The van der Waals surface area contributed by atoms with E-state index in [-0.39, 0.29) is 18.1 Å². The van der Waals surface area contributed by atoms with Gasteiger partial charge < -0.3 is 5.32 Å². The van der Waals surface area contributed by atoms with E-state index < -0.39 is 11.5 Å². The van der Waals surface area contributed by atoms with Crippen molar-refractivity contribution in [3.8, 4) is 0 Å². The molecular weight excluding hydrogens is 361 g/mol. The first kappa shape index (κ1) is 19.5. The summed E-state index contributed by atoms with van der Waals surface area (Å²) in [7, 11) is 0. The quantitative estimate of drug-likeness (QED) is 0.668. The molecule has 0 radical (unpaired) electrons. The van der Waals surface area contributed by atoms with E-state index in [1.807, 2.05) is 13.8 Å². The van der Waals surface area contributed by atoms with Crippen LogP contribution in [0.1, 0.15) is 37.0 Å². The average Bonchev–Trinajstić information content (AvgIpc) is 3.11. The van der Waals surface area contributed by atoms with Crippen LogP contribution in [0.4, 0.5) is 4.39 Å². The number of nitrogens with zero attached hydrogens (tertiary/aromatic N) is 6. The van der Waals surface area contributed by atoms with Crippen LogP contribution in [0.25, 0.3) is 0 Å². The number of amides is 1. The summed E-state index contributed by atoms with van der Waals surface area (Å²) < 4.78 is 15.0. The third-order valence-electron chi connectivity index (χ3n) is 4.53. The zero-order valence-electron chi connectivity index (χ0n) is 16.0. The maximum atomic E-state index is 13.6. The molecule has 0 saturated heterocycles. The highest BCUT2D eigenvalue weighted by Crippen LogP contribution is 2.20. The minimum atomic E-state index is -0.700. The third kappa shape index (κ3) is 4.54. The highest BCUT2D eigenvalue weighted by molar-refractivity contribution is 5.80. The van der Waals surface area contributed by atoms with Crippen molar-refractivity contribution in [1.29, 1.82) is 0 Å². The van der Waals surface area contributed by atoms with E-state index in [2.05, 4.69) is 30.8 Å². The van der Waals surface area contributed by atoms with E-state index in [4.69, 9.17) is 0 Å². The number of aryl methyl sites for hydroxylation is 1. The van der Waals surface area contributed by atoms with Gasteiger partial charge in [0.25, 0.3) is 0 Å². The second-order valence-corrected chi connectivity index (χ2v) is 7.21. The Balaban J connectivity index is 1.78. The summed E-state index contributed by atoms with van der Waals surface area (Å²) in [4.78, 5) is 21.4. The second-order valence-electron chi connectivity index (χ2n) is 7.21. The lowest BCUT2D eigenvalue weighted by molar-refractivity contribution is -0.125. The van der Waals surface area contributed by atoms with Gasteiger partial charge in [0.2, 0.25) is 5.91 Å². The number of carbonyl (C=O) groups is 1. The first-order valence-electron chi connectivity index (χ1n) is 8.90. The molecule has 0 spiro atoms. The third-order valence-corrected chi connectivity index (χ3v) is 4.53. The van der Waals surface area contributed by atoms with Crippen molar-refractivity contribution in [2.24, 2.45) is 0 Å². The summed E-state index contributed by atoms with van der Waals surface area (Å²) in [5.74, 6) is -0.102. The van der Waals surface area contributed by atoms with E-state index in [1.165, 1.54) is 16.8 Å². The molecule has 1 N–H and O–H groups in total. The zero-order chi connectivity index (χ0) is 20.1. The van der Waals surface area contributed by atoms with Crippen molar-refractivity contribution >= 4 is 5.91 Å².